The second-order valence-corrected chi connectivity index (χ2v) is 1.94. The van der Waals surface area contributed by atoms with Gasteiger partial charge >= 0.3 is 0 Å². The zero-order valence-electron chi connectivity index (χ0n) is 6.73. The molecule has 0 aliphatic rings. The first-order chi connectivity index (χ1) is 5.85. The molecule has 0 bridgehead atoms. The van der Waals surface area contributed by atoms with Crippen LogP contribution in [0.15, 0.2) is 30.3 Å². The summed E-state index contributed by atoms with van der Waals surface area (Å²) in [6, 6.07) is 9.10. The molecule has 1 aromatic carbocycles. The van der Waals surface area contributed by atoms with Gasteiger partial charge in [0, 0.05) is 5.56 Å². The summed E-state index contributed by atoms with van der Waals surface area (Å²) in [5, 5.41) is 0. The van der Waals surface area contributed by atoms with Crippen LogP contribution in [0.2, 0.25) is 0 Å². The summed E-state index contributed by atoms with van der Waals surface area (Å²) in [4.78, 5) is 10.0. The molecule has 0 saturated heterocycles. The number of terminal acetylenes is 1. The standard InChI is InChI=1S/C7H6O.C3H5N/c8-6-7-4-2-1-3-5-7;1-2-3-4/h1-6H;1H,3-4H2. The molecular formula is C10H11NO. The van der Waals surface area contributed by atoms with Crippen molar-refractivity contribution in [3.05, 3.63) is 35.9 Å². The van der Waals surface area contributed by atoms with Crippen molar-refractivity contribution in [2.24, 2.45) is 5.73 Å². The van der Waals surface area contributed by atoms with Crippen LogP contribution in [0.1, 0.15) is 10.4 Å². The second kappa shape index (κ2) is 7.52. The van der Waals surface area contributed by atoms with Gasteiger partial charge in [0.1, 0.15) is 6.29 Å². The Hall–Kier alpha value is -1.59. The maximum absolute atomic E-state index is 10.0. The molecule has 62 valence electrons. The van der Waals surface area contributed by atoms with E-state index in [0.717, 1.165) is 11.8 Å². The van der Waals surface area contributed by atoms with Crippen LogP contribution in [-0.2, 0) is 0 Å². The fourth-order valence-corrected chi connectivity index (χ4v) is 0.532. The average molecular weight is 161 g/mol. The van der Waals surface area contributed by atoms with E-state index in [9.17, 15) is 4.79 Å². The normalized spacial score (nSPS) is 7.33. The van der Waals surface area contributed by atoms with E-state index >= 15 is 0 Å². The molecule has 1 rings (SSSR count). The van der Waals surface area contributed by atoms with Gasteiger partial charge in [0.05, 0.1) is 6.54 Å². The van der Waals surface area contributed by atoms with Crippen molar-refractivity contribution < 1.29 is 4.79 Å². The first kappa shape index (κ1) is 10.4. The van der Waals surface area contributed by atoms with Crippen molar-refractivity contribution in [1.82, 2.24) is 0 Å². The summed E-state index contributed by atoms with van der Waals surface area (Å²) in [6.07, 6.45) is 5.49. The Bertz CT molecular complexity index is 248. The van der Waals surface area contributed by atoms with Crippen LogP contribution >= 0.6 is 0 Å². The molecule has 0 spiro atoms. The number of aldehydes is 1. The van der Waals surface area contributed by atoms with E-state index in [-0.39, 0.29) is 0 Å². The quantitative estimate of drug-likeness (QED) is 0.494. The van der Waals surface area contributed by atoms with Crippen LogP contribution in [0.4, 0.5) is 0 Å². The molecule has 0 aromatic heterocycles. The van der Waals surface area contributed by atoms with E-state index in [1.807, 2.05) is 18.2 Å². The topological polar surface area (TPSA) is 43.1 Å². The van der Waals surface area contributed by atoms with Crippen molar-refractivity contribution in [2.45, 2.75) is 0 Å². The lowest BCUT2D eigenvalue weighted by molar-refractivity contribution is 0.112. The summed E-state index contributed by atoms with van der Waals surface area (Å²) >= 11 is 0. The number of rotatable bonds is 1. The Morgan fingerprint density at radius 3 is 2.17 bits per heavy atom. The number of carbonyl (C=O) groups is 1. The molecule has 0 amide bonds. The van der Waals surface area contributed by atoms with Gasteiger partial charge < -0.3 is 5.73 Å². The smallest absolute Gasteiger partial charge is 0.150 e. The maximum atomic E-state index is 10.0. The molecule has 0 atom stereocenters. The molecule has 2 heteroatoms. The highest BCUT2D eigenvalue weighted by Crippen LogP contribution is 1.91. The summed E-state index contributed by atoms with van der Waals surface area (Å²) in [6.45, 7) is 0.347. The van der Waals surface area contributed by atoms with Gasteiger partial charge in [-0.15, -0.1) is 6.42 Å². The van der Waals surface area contributed by atoms with Crippen LogP contribution in [0.5, 0.6) is 0 Å². The Labute approximate surface area is 72.4 Å². The minimum Gasteiger partial charge on any atom is -0.320 e. The number of nitrogens with two attached hydrogens (primary N) is 1. The van der Waals surface area contributed by atoms with Crippen molar-refractivity contribution in [3.8, 4) is 12.3 Å². The monoisotopic (exact) mass is 161 g/mol. The fourth-order valence-electron chi connectivity index (χ4n) is 0.532. The van der Waals surface area contributed by atoms with Gasteiger partial charge in [-0.3, -0.25) is 4.79 Å². The molecule has 2 nitrogen and oxygen atoms in total. The fraction of sp³-hybridized carbons (Fsp3) is 0.100. The first-order valence-corrected chi connectivity index (χ1v) is 3.49. The predicted octanol–water partition coefficient (Wildman–Crippen LogP) is 1.08. The predicted molar refractivity (Wildman–Crippen MR) is 49.7 cm³/mol. The van der Waals surface area contributed by atoms with E-state index in [1.165, 1.54) is 0 Å². The van der Waals surface area contributed by atoms with Gasteiger partial charge in [-0.2, -0.15) is 0 Å². The third kappa shape index (κ3) is 5.21. The Balaban J connectivity index is 0.000000261. The van der Waals surface area contributed by atoms with Gasteiger partial charge in [0.2, 0.25) is 0 Å². The molecule has 1 aromatic rings. The number of benzene rings is 1. The zero-order chi connectivity index (χ0) is 9.23. The lowest BCUT2D eigenvalue weighted by Gasteiger charge is -1.81. The molecule has 0 fully saturated rings. The molecule has 0 aliphatic carbocycles. The van der Waals surface area contributed by atoms with Crippen LogP contribution in [0.25, 0.3) is 0 Å². The molecule has 2 N–H and O–H groups in total. The summed E-state index contributed by atoms with van der Waals surface area (Å²) < 4.78 is 0. The maximum Gasteiger partial charge on any atom is 0.150 e. The highest BCUT2D eigenvalue weighted by Gasteiger charge is 1.79. The summed E-state index contributed by atoms with van der Waals surface area (Å²) in [5.74, 6) is 2.21. The SMILES string of the molecule is C#CCN.O=Cc1ccccc1. The van der Waals surface area contributed by atoms with E-state index in [2.05, 4.69) is 12.3 Å². The highest BCUT2D eigenvalue weighted by atomic mass is 16.1. The number of hydrogen-bond donors (Lipinski definition) is 1. The highest BCUT2D eigenvalue weighted by molar-refractivity contribution is 5.74. The largest absolute Gasteiger partial charge is 0.320 e. The average Bonchev–Trinajstić information content (AvgIpc) is 2.19. The van der Waals surface area contributed by atoms with Crippen LogP contribution < -0.4 is 5.73 Å². The number of carbonyl (C=O) groups excluding carboxylic acids is 1. The zero-order valence-corrected chi connectivity index (χ0v) is 6.73. The Kier molecular flexibility index (Phi) is 6.52. The molecule has 0 heterocycles. The van der Waals surface area contributed by atoms with Gasteiger partial charge in [0.25, 0.3) is 0 Å². The minimum absolute atomic E-state index is 0.347. The lowest BCUT2D eigenvalue weighted by atomic mass is 10.2. The lowest BCUT2D eigenvalue weighted by Crippen LogP contribution is -1.91. The minimum atomic E-state index is 0.347. The van der Waals surface area contributed by atoms with E-state index < -0.39 is 0 Å². The summed E-state index contributed by atoms with van der Waals surface area (Å²) in [7, 11) is 0. The number of hydrogen-bond acceptors (Lipinski definition) is 2. The Morgan fingerprint density at radius 2 is 1.92 bits per heavy atom. The van der Waals surface area contributed by atoms with E-state index in [4.69, 9.17) is 5.73 Å². The third-order valence-electron chi connectivity index (χ3n) is 1.05. The van der Waals surface area contributed by atoms with Gasteiger partial charge in [-0.1, -0.05) is 36.3 Å². The van der Waals surface area contributed by atoms with Gasteiger partial charge in [-0.25, -0.2) is 0 Å². The van der Waals surface area contributed by atoms with Crippen LogP contribution in [-0.4, -0.2) is 12.8 Å². The molecule has 0 unspecified atom stereocenters. The molecule has 0 radical (unpaired) electrons. The van der Waals surface area contributed by atoms with E-state index in [0.29, 0.717) is 6.54 Å². The third-order valence-corrected chi connectivity index (χ3v) is 1.05. The molecular weight excluding hydrogens is 150 g/mol. The van der Waals surface area contributed by atoms with Gasteiger partial charge in [-0.05, 0) is 0 Å². The van der Waals surface area contributed by atoms with Gasteiger partial charge in [0.15, 0.2) is 0 Å². The first-order valence-electron chi connectivity index (χ1n) is 3.49. The van der Waals surface area contributed by atoms with Crippen molar-refractivity contribution in [3.63, 3.8) is 0 Å². The van der Waals surface area contributed by atoms with Crippen molar-refractivity contribution in [2.75, 3.05) is 6.54 Å². The molecule has 0 aliphatic heterocycles. The van der Waals surface area contributed by atoms with Crippen molar-refractivity contribution >= 4 is 6.29 Å². The molecule has 12 heavy (non-hydrogen) atoms. The van der Waals surface area contributed by atoms with Crippen LogP contribution in [0, 0.1) is 12.3 Å². The Morgan fingerprint density at radius 1 is 1.42 bits per heavy atom. The van der Waals surface area contributed by atoms with Crippen LogP contribution in [0.3, 0.4) is 0 Å². The van der Waals surface area contributed by atoms with E-state index in [1.54, 1.807) is 12.1 Å². The van der Waals surface area contributed by atoms with Crippen molar-refractivity contribution in [1.29, 1.82) is 0 Å². The second-order valence-electron chi connectivity index (χ2n) is 1.94. The molecule has 0 saturated carbocycles. The summed E-state index contributed by atoms with van der Waals surface area (Å²) in [5.41, 5.74) is 5.52.